The molecule has 0 saturated heterocycles. The van der Waals surface area contributed by atoms with E-state index in [2.05, 4.69) is 82.2 Å². The van der Waals surface area contributed by atoms with Gasteiger partial charge in [0.2, 0.25) is 0 Å². The Morgan fingerprint density at radius 2 is 1.47 bits per heavy atom. The van der Waals surface area contributed by atoms with Crippen LogP contribution >= 0.6 is 0 Å². The van der Waals surface area contributed by atoms with Gasteiger partial charge in [0.05, 0.1) is 6.10 Å². The van der Waals surface area contributed by atoms with Gasteiger partial charge in [-0.3, -0.25) is 0 Å². The molecular weight excluding hydrogens is 456 g/mol. The Morgan fingerprint density at radius 3 is 2.06 bits per heavy atom. The number of hydrogen-bond donors (Lipinski definition) is 1. The van der Waals surface area contributed by atoms with Crippen molar-refractivity contribution < 1.29 is 9.53 Å². The van der Waals surface area contributed by atoms with Crippen LogP contribution in [-0.4, -0.2) is 26.1 Å². The predicted octanol–water partition coefficient (Wildman–Crippen LogP) is 9.39. The van der Waals surface area contributed by atoms with Crippen molar-refractivity contribution in [2.45, 2.75) is 144 Å². The molecule has 0 aromatic carbocycles. The van der Waals surface area contributed by atoms with Gasteiger partial charge in [-0.05, 0) is 102 Å². The summed E-state index contributed by atoms with van der Waals surface area (Å²) in [7, 11) is -1.81. The van der Waals surface area contributed by atoms with Crippen LogP contribution in [0.3, 0.4) is 0 Å². The Morgan fingerprint density at radius 1 is 0.861 bits per heavy atom. The van der Waals surface area contributed by atoms with E-state index >= 15 is 0 Å². The molecule has 0 spiro atoms. The third-order valence-corrected chi connectivity index (χ3v) is 19.1. The van der Waals surface area contributed by atoms with E-state index in [-0.39, 0.29) is 16.9 Å². The van der Waals surface area contributed by atoms with Gasteiger partial charge in [-0.15, -0.1) is 0 Å². The van der Waals surface area contributed by atoms with Crippen molar-refractivity contribution in [3.8, 4) is 0 Å². The number of aliphatic hydroxyl groups is 1. The quantitative estimate of drug-likeness (QED) is 0.270. The van der Waals surface area contributed by atoms with Crippen LogP contribution in [-0.2, 0) is 4.43 Å². The highest BCUT2D eigenvalue weighted by Gasteiger charge is 2.61. The molecule has 2 nitrogen and oxygen atoms in total. The van der Waals surface area contributed by atoms with Crippen molar-refractivity contribution in [3.05, 3.63) is 11.6 Å². The minimum atomic E-state index is -1.81. The highest BCUT2D eigenvalue weighted by atomic mass is 28.4. The molecule has 0 aromatic rings. The highest BCUT2D eigenvalue weighted by molar-refractivity contribution is 6.77. The van der Waals surface area contributed by atoms with E-state index in [1.165, 1.54) is 38.5 Å². The number of allylic oxidation sites excluding steroid dienone is 1. The Hall–Kier alpha value is -0.123. The molecule has 208 valence electrons. The van der Waals surface area contributed by atoms with Gasteiger partial charge in [0, 0.05) is 12.0 Å². The maximum atomic E-state index is 10.8. The molecule has 36 heavy (non-hydrogen) atoms. The molecule has 3 unspecified atom stereocenters. The molecule has 0 heterocycles. The zero-order chi connectivity index (χ0) is 26.8. The number of aliphatic hydroxyl groups excluding tert-OH is 1. The molecule has 1 N–H and O–H groups in total. The standard InChI is InChI=1S/C33H60O2Si/c1-21(2)36(22(3)4,23(5)6)35-20-24(7)26-13-14-27-25-12-15-29-31(8,9)30(34)17-19-33(29,11)28(25)16-18-32(26,27)10/h15,21-28,30,34H,12-14,16-20H2,1-11H3/t24-,25?,26-,27?,28?,30+,32-,33-/m1/s1. The van der Waals surface area contributed by atoms with Crippen LogP contribution in [0, 0.1) is 45.8 Å². The normalized spacial score (nSPS) is 41.2. The van der Waals surface area contributed by atoms with E-state index in [1.54, 1.807) is 5.57 Å². The van der Waals surface area contributed by atoms with Crippen LogP contribution < -0.4 is 0 Å². The monoisotopic (exact) mass is 516 g/mol. The molecule has 8 atom stereocenters. The van der Waals surface area contributed by atoms with E-state index in [9.17, 15) is 5.11 Å². The lowest BCUT2D eigenvalue weighted by molar-refractivity contribution is -0.0795. The fraction of sp³-hybridized carbons (Fsp3) is 0.939. The number of rotatable bonds is 7. The van der Waals surface area contributed by atoms with Gasteiger partial charge in [-0.2, -0.15) is 0 Å². The maximum Gasteiger partial charge on any atom is 0.200 e. The summed E-state index contributed by atoms with van der Waals surface area (Å²) >= 11 is 0. The third kappa shape index (κ3) is 4.15. The Kier molecular flexibility index (Phi) is 7.87. The Labute approximate surface area is 225 Å². The van der Waals surface area contributed by atoms with E-state index in [4.69, 9.17) is 4.43 Å². The first-order chi connectivity index (χ1) is 16.6. The van der Waals surface area contributed by atoms with Gasteiger partial charge < -0.3 is 9.53 Å². The molecular formula is C33H60O2Si. The molecule has 0 aliphatic heterocycles. The van der Waals surface area contributed by atoms with Crippen molar-refractivity contribution >= 4 is 8.32 Å². The first-order valence-corrected chi connectivity index (χ1v) is 17.8. The smallest absolute Gasteiger partial charge is 0.200 e. The van der Waals surface area contributed by atoms with Crippen molar-refractivity contribution in [1.29, 1.82) is 0 Å². The zero-order valence-electron chi connectivity index (χ0n) is 25.8. The second-order valence-corrected chi connectivity index (χ2v) is 21.2. The average molecular weight is 517 g/mol. The molecule has 0 amide bonds. The van der Waals surface area contributed by atoms with Crippen molar-refractivity contribution in [3.63, 3.8) is 0 Å². The van der Waals surface area contributed by atoms with E-state index in [0.717, 1.165) is 36.7 Å². The molecule has 3 fully saturated rings. The van der Waals surface area contributed by atoms with Crippen LogP contribution in [0.25, 0.3) is 0 Å². The summed E-state index contributed by atoms with van der Waals surface area (Å²) < 4.78 is 7.14. The largest absolute Gasteiger partial charge is 0.416 e. The number of fused-ring (bicyclic) bond motifs is 5. The van der Waals surface area contributed by atoms with Crippen LogP contribution in [0.4, 0.5) is 0 Å². The van der Waals surface area contributed by atoms with Crippen molar-refractivity contribution in [2.75, 3.05) is 6.61 Å². The fourth-order valence-electron chi connectivity index (χ4n) is 11.3. The third-order valence-electron chi connectivity index (χ3n) is 13.0. The molecule has 4 aliphatic carbocycles. The Bertz CT molecular complexity index is 806. The van der Waals surface area contributed by atoms with Gasteiger partial charge in [0.15, 0.2) is 8.32 Å². The van der Waals surface area contributed by atoms with Gasteiger partial charge in [-0.25, -0.2) is 0 Å². The summed E-state index contributed by atoms with van der Waals surface area (Å²) in [5.41, 5.74) is 4.26. The first kappa shape index (κ1) is 28.9. The summed E-state index contributed by atoms with van der Waals surface area (Å²) in [5.74, 6) is 3.93. The molecule has 3 heteroatoms. The summed E-state index contributed by atoms with van der Waals surface area (Å²) in [4.78, 5) is 0. The first-order valence-electron chi connectivity index (χ1n) is 15.7. The zero-order valence-corrected chi connectivity index (χ0v) is 26.8. The molecule has 4 aliphatic rings. The van der Waals surface area contributed by atoms with Gasteiger partial charge >= 0.3 is 0 Å². The predicted molar refractivity (Wildman–Crippen MR) is 157 cm³/mol. The lowest BCUT2D eigenvalue weighted by Crippen LogP contribution is -2.54. The van der Waals surface area contributed by atoms with Crippen LogP contribution in [0.1, 0.15) is 121 Å². The lowest BCUT2D eigenvalue weighted by Gasteiger charge is -2.61. The average Bonchev–Trinajstić information content (AvgIpc) is 3.13. The van der Waals surface area contributed by atoms with Gasteiger partial charge in [-0.1, -0.05) is 87.8 Å². The number of hydrogen-bond acceptors (Lipinski definition) is 2. The minimum Gasteiger partial charge on any atom is -0.416 e. The van der Waals surface area contributed by atoms with Gasteiger partial charge in [0.1, 0.15) is 0 Å². The van der Waals surface area contributed by atoms with Gasteiger partial charge in [0.25, 0.3) is 0 Å². The molecule has 0 bridgehead atoms. The lowest BCUT2D eigenvalue weighted by atomic mass is 9.44. The highest BCUT2D eigenvalue weighted by Crippen LogP contribution is 2.68. The fourth-order valence-corrected chi connectivity index (χ4v) is 16.8. The van der Waals surface area contributed by atoms with E-state index in [0.29, 0.717) is 28.0 Å². The van der Waals surface area contributed by atoms with Crippen LogP contribution in [0.2, 0.25) is 16.6 Å². The summed E-state index contributed by atoms with van der Waals surface area (Å²) in [6.45, 7) is 27.9. The van der Waals surface area contributed by atoms with Crippen molar-refractivity contribution in [2.24, 2.45) is 45.8 Å². The molecule has 0 radical (unpaired) electrons. The summed E-state index contributed by atoms with van der Waals surface area (Å²) in [6.07, 6.45) is 11.4. The molecule has 4 rings (SSSR count). The SMILES string of the molecule is CC(C)[Si](OC[C@@H](C)[C@H]1CCC2C3CC=C4C(C)(C)[C@@H](O)CC[C@]4(C)C3CC[C@@]21C)(C(C)C)C(C)C. The molecule has 0 aromatic heterocycles. The van der Waals surface area contributed by atoms with E-state index < -0.39 is 8.32 Å². The van der Waals surface area contributed by atoms with E-state index in [1.807, 2.05) is 0 Å². The van der Waals surface area contributed by atoms with Crippen LogP contribution in [0.15, 0.2) is 11.6 Å². The Balaban J connectivity index is 1.53. The summed E-state index contributed by atoms with van der Waals surface area (Å²) in [5, 5.41) is 10.8. The van der Waals surface area contributed by atoms with Crippen LogP contribution in [0.5, 0.6) is 0 Å². The topological polar surface area (TPSA) is 29.5 Å². The van der Waals surface area contributed by atoms with Crippen molar-refractivity contribution in [1.82, 2.24) is 0 Å². The second kappa shape index (κ2) is 9.81. The minimum absolute atomic E-state index is 0.0670. The molecule has 3 saturated carbocycles. The summed E-state index contributed by atoms with van der Waals surface area (Å²) in [6, 6.07) is 0. The maximum absolute atomic E-state index is 10.8. The second-order valence-electron chi connectivity index (χ2n) is 15.8.